The minimum atomic E-state index is -0.900. The predicted molar refractivity (Wildman–Crippen MR) is 68.6 cm³/mol. The molecule has 2 aromatic carbocycles. The summed E-state index contributed by atoms with van der Waals surface area (Å²) < 4.78 is 26.0. The van der Waals surface area contributed by atoms with E-state index in [0.717, 1.165) is 23.3 Å². The molecule has 1 unspecified atom stereocenters. The van der Waals surface area contributed by atoms with Gasteiger partial charge in [-0.15, -0.1) is 0 Å². The third kappa shape index (κ3) is 2.37. The Balaban J connectivity index is 2.44. The average molecular weight is 268 g/mol. The molecule has 0 aliphatic rings. The van der Waals surface area contributed by atoms with Crippen molar-refractivity contribution in [1.29, 1.82) is 0 Å². The average Bonchev–Trinajstić information content (AvgIpc) is 2.35. The molecule has 0 aliphatic heterocycles. The highest BCUT2D eigenvalue weighted by molar-refractivity contribution is 6.31. The van der Waals surface area contributed by atoms with Crippen molar-refractivity contribution in [1.82, 2.24) is 0 Å². The van der Waals surface area contributed by atoms with Crippen LogP contribution in [0.4, 0.5) is 8.78 Å². The van der Waals surface area contributed by atoms with E-state index in [1.807, 2.05) is 13.0 Å². The second-order valence-corrected chi connectivity index (χ2v) is 4.51. The molecule has 0 heterocycles. The van der Waals surface area contributed by atoms with Crippen LogP contribution in [-0.2, 0) is 0 Å². The maximum atomic E-state index is 13.2. The van der Waals surface area contributed by atoms with E-state index in [9.17, 15) is 8.78 Å². The quantitative estimate of drug-likeness (QED) is 0.875. The predicted octanol–water partition coefficient (Wildman–Crippen LogP) is 3.97. The van der Waals surface area contributed by atoms with Gasteiger partial charge in [0.1, 0.15) is 0 Å². The van der Waals surface area contributed by atoms with Crippen LogP contribution in [0.5, 0.6) is 0 Å². The number of nitrogens with two attached hydrogens (primary N) is 1. The largest absolute Gasteiger partial charge is 0.320 e. The second kappa shape index (κ2) is 5.04. The van der Waals surface area contributed by atoms with Crippen LogP contribution in [0.3, 0.4) is 0 Å². The lowest BCUT2D eigenvalue weighted by Crippen LogP contribution is -2.13. The normalized spacial score (nSPS) is 12.5. The van der Waals surface area contributed by atoms with Gasteiger partial charge >= 0.3 is 0 Å². The van der Waals surface area contributed by atoms with E-state index in [4.69, 9.17) is 17.3 Å². The molecular weight excluding hydrogens is 256 g/mol. The number of benzene rings is 2. The molecule has 0 saturated heterocycles. The Bertz CT molecular complexity index is 584. The first kappa shape index (κ1) is 13.0. The molecule has 18 heavy (non-hydrogen) atoms. The molecule has 0 amide bonds. The summed E-state index contributed by atoms with van der Waals surface area (Å²) in [6.45, 7) is 1.84. The summed E-state index contributed by atoms with van der Waals surface area (Å²) in [7, 11) is 0. The molecule has 2 N–H and O–H groups in total. The Morgan fingerprint density at radius 2 is 1.83 bits per heavy atom. The first-order valence-electron chi connectivity index (χ1n) is 5.46. The highest BCUT2D eigenvalue weighted by atomic mass is 35.5. The molecule has 0 aliphatic carbocycles. The van der Waals surface area contributed by atoms with E-state index < -0.39 is 17.7 Å². The second-order valence-electron chi connectivity index (χ2n) is 4.11. The summed E-state index contributed by atoms with van der Waals surface area (Å²) >= 11 is 6.01. The van der Waals surface area contributed by atoms with Crippen LogP contribution in [0.25, 0.3) is 0 Å². The maximum Gasteiger partial charge on any atom is 0.159 e. The molecule has 94 valence electrons. The Kier molecular flexibility index (Phi) is 3.64. The van der Waals surface area contributed by atoms with Crippen LogP contribution < -0.4 is 5.73 Å². The molecular formula is C14H12ClF2N. The SMILES string of the molecule is Cc1c(Cl)cccc1C(N)c1ccc(F)c(F)c1. The smallest absolute Gasteiger partial charge is 0.159 e. The minimum absolute atomic E-state index is 0.513. The van der Waals surface area contributed by atoms with Crippen molar-refractivity contribution in [3.8, 4) is 0 Å². The summed E-state index contributed by atoms with van der Waals surface area (Å²) in [5.41, 5.74) is 8.21. The lowest BCUT2D eigenvalue weighted by atomic mass is 9.96. The fraction of sp³-hybridized carbons (Fsp3) is 0.143. The molecule has 1 nitrogen and oxygen atoms in total. The molecule has 2 aromatic rings. The summed E-state index contributed by atoms with van der Waals surface area (Å²) in [6.07, 6.45) is 0. The van der Waals surface area contributed by atoms with Crippen LogP contribution in [0.15, 0.2) is 36.4 Å². The molecule has 0 saturated carbocycles. The van der Waals surface area contributed by atoms with Crippen molar-refractivity contribution >= 4 is 11.6 Å². The van der Waals surface area contributed by atoms with Crippen LogP contribution in [0.1, 0.15) is 22.7 Å². The van der Waals surface area contributed by atoms with E-state index in [2.05, 4.69) is 0 Å². The summed E-state index contributed by atoms with van der Waals surface area (Å²) in [5.74, 6) is -1.78. The lowest BCUT2D eigenvalue weighted by Gasteiger charge is -2.16. The van der Waals surface area contributed by atoms with Crippen molar-refractivity contribution in [2.24, 2.45) is 5.73 Å². The standard InChI is InChI=1S/C14H12ClF2N/c1-8-10(3-2-4-11(8)15)14(18)9-5-6-12(16)13(17)7-9/h2-7,14H,18H2,1H3. The Morgan fingerprint density at radius 3 is 2.50 bits per heavy atom. The minimum Gasteiger partial charge on any atom is -0.320 e. The van der Waals surface area contributed by atoms with Gasteiger partial charge in [-0.1, -0.05) is 29.8 Å². The monoisotopic (exact) mass is 267 g/mol. The van der Waals surface area contributed by atoms with Gasteiger partial charge < -0.3 is 5.73 Å². The lowest BCUT2D eigenvalue weighted by molar-refractivity contribution is 0.506. The van der Waals surface area contributed by atoms with Crippen LogP contribution in [0.2, 0.25) is 5.02 Å². The van der Waals surface area contributed by atoms with Gasteiger partial charge in [-0.05, 0) is 41.8 Å². The Morgan fingerprint density at radius 1 is 1.11 bits per heavy atom. The topological polar surface area (TPSA) is 26.0 Å². The third-order valence-electron chi connectivity index (χ3n) is 2.95. The Hall–Kier alpha value is -1.45. The molecule has 0 aromatic heterocycles. The van der Waals surface area contributed by atoms with Crippen molar-refractivity contribution in [2.45, 2.75) is 13.0 Å². The molecule has 0 radical (unpaired) electrons. The highest BCUT2D eigenvalue weighted by Crippen LogP contribution is 2.27. The third-order valence-corrected chi connectivity index (χ3v) is 3.36. The molecule has 1 atom stereocenters. The van der Waals surface area contributed by atoms with Gasteiger partial charge in [0.25, 0.3) is 0 Å². The van der Waals surface area contributed by atoms with Crippen molar-refractivity contribution in [3.05, 3.63) is 69.7 Å². The maximum absolute atomic E-state index is 13.2. The van der Waals surface area contributed by atoms with Crippen LogP contribution >= 0.6 is 11.6 Å². The molecule has 0 spiro atoms. The van der Waals surface area contributed by atoms with Crippen LogP contribution in [-0.4, -0.2) is 0 Å². The van der Waals surface area contributed by atoms with Gasteiger partial charge in [-0.3, -0.25) is 0 Å². The van der Waals surface area contributed by atoms with Crippen molar-refractivity contribution in [3.63, 3.8) is 0 Å². The zero-order valence-corrected chi connectivity index (χ0v) is 10.5. The van der Waals surface area contributed by atoms with Gasteiger partial charge in [0.05, 0.1) is 6.04 Å². The molecule has 2 rings (SSSR count). The van der Waals surface area contributed by atoms with Gasteiger partial charge in [0.2, 0.25) is 0 Å². The number of halogens is 3. The first-order chi connectivity index (χ1) is 8.50. The zero-order chi connectivity index (χ0) is 13.3. The number of hydrogen-bond donors (Lipinski definition) is 1. The van der Waals surface area contributed by atoms with E-state index in [-0.39, 0.29) is 0 Å². The van der Waals surface area contributed by atoms with Gasteiger partial charge in [0, 0.05) is 5.02 Å². The molecule has 0 bridgehead atoms. The summed E-state index contributed by atoms with van der Waals surface area (Å²) in [4.78, 5) is 0. The van der Waals surface area contributed by atoms with E-state index in [1.165, 1.54) is 6.07 Å². The first-order valence-corrected chi connectivity index (χ1v) is 5.84. The molecule has 4 heteroatoms. The number of rotatable bonds is 2. The fourth-order valence-corrected chi connectivity index (χ4v) is 2.03. The van der Waals surface area contributed by atoms with Gasteiger partial charge in [0.15, 0.2) is 11.6 Å². The van der Waals surface area contributed by atoms with E-state index >= 15 is 0 Å². The Labute approximate surface area is 109 Å². The van der Waals surface area contributed by atoms with Gasteiger partial charge in [-0.2, -0.15) is 0 Å². The molecule has 0 fully saturated rings. The summed E-state index contributed by atoms with van der Waals surface area (Å²) in [6, 6.07) is 8.50. The van der Waals surface area contributed by atoms with Crippen molar-refractivity contribution < 1.29 is 8.78 Å². The van der Waals surface area contributed by atoms with Crippen LogP contribution in [0, 0.1) is 18.6 Å². The fourth-order valence-electron chi connectivity index (χ4n) is 1.85. The highest BCUT2D eigenvalue weighted by Gasteiger charge is 2.14. The van der Waals surface area contributed by atoms with Gasteiger partial charge in [-0.25, -0.2) is 8.78 Å². The van der Waals surface area contributed by atoms with E-state index in [0.29, 0.717) is 10.6 Å². The number of hydrogen-bond acceptors (Lipinski definition) is 1. The van der Waals surface area contributed by atoms with Crippen molar-refractivity contribution in [2.75, 3.05) is 0 Å². The zero-order valence-electron chi connectivity index (χ0n) is 9.75. The van der Waals surface area contributed by atoms with E-state index in [1.54, 1.807) is 12.1 Å². The summed E-state index contributed by atoms with van der Waals surface area (Å²) in [5, 5.41) is 0.602.